The molecule has 8 nitrogen and oxygen atoms in total. The molecular formula is C10H19N5O3S. The molecule has 9 heteroatoms. The van der Waals surface area contributed by atoms with Crippen LogP contribution in [0.2, 0.25) is 0 Å². The maximum atomic E-state index is 12.2. The molecule has 2 rings (SSSR count). The van der Waals surface area contributed by atoms with E-state index in [1.54, 1.807) is 11.9 Å². The quantitative estimate of drug-likeness (QED) is 0.633. The Hall–Kier alpha value is -1.00. The van der Waals surface area contributed by atoms with Crippen LogP contribution < -0.4 is 4.83 Å². The maximum absolute atomic E-state index is 12.2. The molecule has 0 spiro atoms. The van der Waals surface area contributed by atoms with E-state index in [0.29, 0.717) is 24.3 Å². The number of rotatable bonds is 4. The number of hydrogen-bond donors (Lipinski definition) is 3. The van der Waals surface area contributed by atoms with Crippen molar-refractivity contribution >= 4 is 10.0 Å². The number of likely N-dealkylation sites (N-methyl/N-ethyl adjacent to an activating group) is 1. The summed E-state index contributed by atoms with van der Waals surface area (Å²) >= 11 is 0. The smallest absolute Gasteiger partial charge is 0.273 e. The summed E-state index contributed by atoms with van der Waals surface area (Å²) in [6, 6.07) is 0. The Kier molecular flexibility index (Phi) is 4.21. The minimum Gasteiger partial charge on any atom is -0.392 e. The van der Waals surface area contributed by atoms with Crippen LogP contribution in [0, 0.1) is 6.92 Å². The van der Waals surface area contributed by atoms with Crippen LogP contribution in [0.4, 0.5) is 0 Å². The van der Waals surface area contributed by atoms with E-state index in [2.05, 4.69) is 19.9 Å². The Morgan fingerprint density at radius 3 is 2.58 bits per heavy atom. The van der Waals surface area contributed by atoms with Crippen LogP contribution in [0.5, 0.6) is 0 Å². The average Bonchev–Trinajstić information content (AvgIpc) is 2.74. The van der Waals surface area contributed by atoms with Crippen LogP contribution >= 0.6 is 0 Å². The number of aliphatic hydroxyl groups is 1. The topological polar surface area (TPSA) is 102 Å². The minimum absolute atomic E-state index is 0.133. The van der Waals surface area contributed by atoms with Gasteiger partial charge in [-0.15, -0.1) is 4.83 Å². The van der Waals surface area contributed by atoms with Crippen molar-refractivity contribution in [2.45, 2.75) is 18.6 Å². The molecule has 0 aliphatic carbocycles. The second kappa shape index (κ2) is 5.55. The molecule has 1 aliphatic rings. The molecule has 0 radical (unpaired) electrons. The van der Waals surface area contributed by atoms with Gasteiger partial charge in [-0.3, -0.25) is 5.10 Å². The van der Waals surface area contributed by atoms with E-state index in [4.69, 9.17) is 0 Å². The fraction of sp³-hybridized carbons (Fsp3) is 0.700. The van der Waals surface area contributed by atoms with Gasteiger partial charge in [0.2, 0.25) is 0 Å². The lowest BCUT2D eigenvalue weighted by molar-refractivity contribution is 0.134. The molecule has 0 bridgehead atoms. The van der Waals surface area contributed by atoms with Gasteiger partial charge >= 0.3 is 0 Å². The number of hydrazine groups is 1. The second-order valence-corrected chi connectivity index (χ2v) is 6.25. The zero-order valence-corrected chi connectivity index (χ0v) is 11.9. The molecule has 1 fully saturated rings. The van der Waals surface area contributed by atoms with Gasteiger partial charge in [-0.1, -0.05) is 0 Å². The van der Waals surface area contributed by atoms with Crippen LogP contribution in [0.15, 0.2) is 5.03 Å². The zero-order chi connectivity index (χ0) is 14.0. The summed E-state index contributed by atoms with van der Waals surface area (Å²) in [6.07, 6.45) is 0. The summed E-state index contributed by atoms with van der Waals surface area (Å²) < 4.78 is 24.4. The van der Waals surface area contributed by atoms with Crippen molar-refractivity contribution in [1.82, 2.24) is 24.9 Å². The third kappa shape index (κ3) is 3.12. The zero-order valence-electron chi connectivity index (χ0n) is 11.0. The number of aromatic amines is 1. The van der Waals surface area contributed by atoms with Gasteiger partial charge in [-0.25, -0.2) is 13.4 Å². The third-order valence-electron chi connectivity index (χ3n) is 3.20. The first-order chi connectivity index (χ1) is 8.94. The van der Waals surface area contributed by atoms with Gasteiger partial charge in [-0.05, 0) is 14.0 Å². The van der Waals surface area contributed by atoms with Crippen LogP contribution in [-0.2, 0) is 16.6 Å². The fourth-order valence-corrected chi connectivity index (χ4v) is 3.27. The number of H-pyrrole nitrogens is 1. The molecule has 108 valence electrons. The molecule has 0 unspecified atom stereocenters. The van der Waals surface area contributed by atoms with Gasteiger partial charge in [0.1, 0.15) is 0 Å². The summed E-state index contributed by atoms with van der Waals surface area (Å²) in [6.45, 7) is 4.15. The highest BCUT2D eigenvalue weighted by atomic mass is 32.2. The lowest BCUT2D eigenvalue weighted by Gasteiger charge is -2.31. The summed E-state index contributed by atoms with van der Waals surface area (Å²) in [5.74, 6) is 0. The summed E-state index contributed by atoms with van der Waals surface area (Å²) in [4.78, 5) is 4.63. The first-order valence-corrected chi connectivity index (χ1v) is 7.53. The number of sulfonamides is 1. The van der Waals surface area contributed by atoms with Crippen LogP contribution in [-0.4, -0.2) is 66.9 Å². The molecule has 1 aromatic heterocycles. The average molecular weight is 289 g/mol. The number of nitrogens with zero attached hydrogens (tertiary/aromatic N) is 3. The van der Waals surface area contributed by atoms with E-state index in [1.807, 2.05) is 7.05 Å². The third-order valence-corrected chi connectivity index (χ3v) is 4.55. The van der Waals surface area contributed by atoms with E-state index in [0.717, 1.165) is 13.1 Å². The molecule has 0 amide bonds. The van der Waals surface area contributed by atoms with Crippen molar-refractivity contribution in [2.24, 2.45) is 0 Å². The van der Waals surface area contributed by atoms with E-state index < -0.39 is 10.0 Å². The summed E-state index contributed by atoms with van der Waals surface area (Å²) in [7, 11) is -1.75. The predicted octanol–water partition coefficient (Wildman–Crippen LogP) is -1.35. The molecule has 1 aliphatic heterocycles. The Morgan fingerprint density at radius 2 is 2.00 bits per heavy atom. The van der Waals surface area contributed by atoms with Crippen LogP contribution in [0.3, 0.4) is 0 Å². The molecule has 19 heavy (non-hydrogen) atoms. The molecular weight excluding hydrogens is 270 g/mol. The number of hydrogen-bond acceptors (Lipinski definition) is 6. The highest BCUT2D eigenvalue weighted by Crippen LogP contribution is 2.16. The van der Waals surface area contributed by atoms with E-state index in [-0.39, 0.29) is 11.6 Å². The van der Waals surface area contributed by atoms with Gasteiger partial charge < -0.3 is 10.0 Å². The van der Waals surface area contributed by atoms with E-state index >= 15 is 0 Å². The number of aliphatic hydroxyl groups excluding tert-OH is 1. The highest BCUT2D eigenvalue weighted by molar-refractivity contribution is 7.89. The number of piperazine rings is 1. The molecule has 3 N–H and O–H groups in total. The molecule has 1 saturated heterocycles. The minimum atomic E-state index is -3.74. The number of aromatic nitrogens is 2. The Morgan fingerprint density at radius 1 is 1.37 bits per heavy atom. The van der Waals surface area contributed by atoms with Gasteiger partial charge in [0.15, 0.2) is 5.03 Å². The molecule has 0 saturated carbocycles. The molecule has 0 aromatic carbocycles. The second-order valence-electron chi connectivity index (χ2n) is 4.68. The van der Waals surface area contributed by atoms with Crippen molar-refractivity contribution in [2.75, 3.05) is 33.2 Å². The first-order valence-electron chi connectivity index (χ1n) is 6.04. The van der Waals surface area contributed by atoms with Gasteiger partial charge in [0, 0.05) is 37.4 Å². The van der Waals surface area contributed by atoms with E-state index in [9.17, 15) is 13.5 Å². The van der Waals surface area contributed by atoms with Crippen LogP contribution in [0.25, 0.3) is 0 Å². The van der Waals surface area contributed by atoms with Crippen molar-refractivity contribution in [3.05, 3.63) is 11.3 Å². The SMILES string of the molecule is Cc1[nH]nc(S(=O)(=O)NN2CCN(C)CC2)c1CO. The lowest BCUT2D eigenvalue weighted by Crippen LogP contribution is -2.52. The number of aryl methyl sites for hydroxylation is 1. The number of nitrogens with one attached hydrogen (secondary N) is 2. The van der Waals surface area contributed by atoms with Gasteiger partial charge in [-0.2, -0.15) is 5.10 Å². The first kappa shape index (κ1) is 14.4. The summed E-state index contributed by atoms with van der Waals surface area (Å²) in [5, 5.41) is 17.1. The summed E-state index contributed by atoms with van der Waals surface area (Å²) in [5.41, 5.74) is 0.864. The molecule has 1 aromatic rings. The maximum Gasteiger partial charge on any atom is 0.273 e. The fourth-order valence-electron chi connectivity index (χ4n) is 1.95. The Bertz CT molecular complexity index is 533. The van der Waals surface area contributed by atoms with Crippen molar-refractivity contribution in [3.8, 4) is 0 Å². The van der Waals surface area contributed by atoms with Crippen molar-refractivity contribution in [3.63, 3.8) is 0 Å². The Balaban J connectivity index is 2.14. The van der Waals surface area contributed by atoms with Gasteiger partial charge in [0.25, 0.3) is 10.0 Å². The van der Waals surface area contributed by atoms with Crippen LogP contribution in [0.1, 0.15) is 11.3 Å². The standard InChI is InChI=1S/C10H19N5O3S/c1-8-9(7-16)10(12-11-8)19(17,18)13-15-5-3-14(2)4-6-15/h13,16H,3-7H2,1-2H3,(H,11,12). The monoisotopic (exact) mass is 289 g/mol. The Labute approximate surface area is 112 Å². The normalized spacial score (nSPS) is 18.9. The highest BCUT2D eigenvalue weighted by Gasteiger charge is 2.26. The van der Waals surface area contributed by atoms with Crippen molar-refractivity contribution < 1.29 is 13.5 Å². The van der Waals surface area contributed by atoms with Gasteiger partial charge in [0.05, 0.1) is 6.61 Å². The predicted molar refractivity (Wildman–Crippen MR) is 68.6 cm³/mol. The molecule has 2 heterocycles. The largest absolute Gasteiger partial charge is 0.392 e. The lowest BCUT2D eigenvalue weighted by atomic mass is 10.3. The van der Waals surface area contributed by atoms with E-state index in [1.165, 1.54) is 0 Å². The van der Waals surface area contributed by atoms with Crippen molar-refractivity contribution in [1.29, 1.82) is 0 Å². The molecule has 0 atom stereocenters.